The molecule has 126 valence electrons. The summed E-state index contributed by atoms with van der Waals surface area (Å²) in [5.41, 5.74) is -0.285. The van der Waals surface area contributed by atoms with Crippen molar-refractivity contribution in [2.75, 3.05) is 25.7 Å². The molecule has 4 rings (SSSR count). The van der Waals surface area contributed by atoms with Crippen molar-refractivity contribution < 1.29 is 28.9 Å². The van der Waals surface area contributed by atoms with Gasteiger partial charge in [-0.3, -0.25) is 9.59 Å². The Morgan fingerprint density at radius 2 is 2.17 bits per heavy atom. The molecule has 3 aliphatic heterocycles. The first-order chi connectivity index (χ1) is 11.5. The third kappa shape index (κ3) is 1.81. The minimum Gasteiger partial charge on any atom is -0.497 e. The van der Waals surface area contributed by atoms with E-state index in [1.165, 1.54) is 7.11 Å². The molecular formula is C17H17NO6. The summed E-state index contributed by atoms with van der Waals surface area (Å²) < 4.78 is 16.4. The third-order valence-corrected chi connectivity index (χ3v) is 5.06. The topological polar surface area (TPSA) is 85.3 Å². The average Bonchev–Trinajstić information content (AvgIpc) is 3.22. The maximum Gasteiger partial charge on any atom is 0.310 e. The summed E-state index contributed by atoms with van der Waals surface area (Å²) >= 11 is 0. The van der Waals surface area contributed by atoms with Gasteiger partial charge in [-0.05, 0) is 12.1 Å². The molecule has 7 heteroatoms. The van der Waals surface area contributed by atoms with Gasteiger partial charge in [0, 0.05) is 6.07 Å². The van der Waals surface area contributed by atoms with Gasteiger partial charge in [0.1, 0.15) is 23.0 Å². The number of anilines is 1. The van der Waals surface area contributed by atoms with Crippen LogP contribution in [0.2, 0.25) is 0 Å². The zero-order valence-corrected chi connectivity index (χ0v) is 13.3. The highest BCUT2D eigenvalue weighted by atomic mass is 16.5. The Labute approximate surface area is 138 Å². The first kappa shape index (κ1) is 15.0. The molecule has 4 atom stereocenters. The zero-order chi connectivity index (χ0) is 17.1. The molecule has 2 fully saturated rings. The number of hydrogen-bond acceptors (Lipinski definition) is 5. The number of carboxylic acids is 1. The van der Waals surface area contributed by atoms with E-state index in [9.17, 15) is 14.7 Å². The second kappa shape index (κ2) is 4.98. The van der Waals surface area contributed by atoms with E-state index in [1.807, 2.05) is 6.08 Å². The Morgan fingerprint density at radius 3 is 2.83 bits per heavy atom. The molecular weight excluding hydrogens is 314 g/mol. The van der Waals surface area contributed by atoms with E-state index in [1.54, 1.807) is 36.3 Å². The summed E-state index contributed by atoms with van der Waals surface area (Å²) in [6.07, 6.45) is 3.05. The minimum absolute atomic E-state index is 0.252. The number of fused-ring (bicyclic) bond motifs is 1. The molecule has 1 amide bonds. The van der Waals surface area contributed by atoms with E-state index in [-0.39, 0.29) is 12.5 Å². The van der Waals surface area contributed by atoms with E-state index >= 15 is 0 Å². The fourth-order valence-electron chi connectivity index (χ4n) is 3.99. The normalized spacial score (nSPS) is 33.0. The molecule has 0 aliphatic carbocycles. The van der Waals surface area contributed by atoms with Gasteiger partial charge >= 0.3 is 5.97 Å². The van der Waals surface area contributed by atoms with Crippen molar-refractivity contribution in [3.05, 3.63) is 30.4 Å². The van der Waals surface area contributed by atoms with Crippen LogP contribution in [-0.4, -0.2) is 49.5 Å². The lowest BCUT2D eigenvalue weighted by Gasteiger charge is -2.23. The van der Waals surface area contributed by atoms with Crippen LogP contribution >= 0.6 is 0 Å². The van der Waals surface area contributed by atoms with Crippen molar-refractivity contribution in [3.8, 4) is 11.5 Å². The zero-order valence-electron chi connectivity index (χ0n) is 13.3. The molecule has 1 aromatic carbocycles. The summed E-state index contributed by atoms with van der Waals surface area (Å²) in [6, 6.07) is 5.16. The summed E-state index contributed by atoms with van der Waals surface area (Å²) in [4.78, 5) is 26.1. The number of carboxylic acid groups (broad SMARTS) is 1. The number of hydrogen-bond donors (Lipinski definition) is 1. The van der Waals surface area contributed by atoms with Gasteiger partial charge in [-0.15, -0.1) is 0 Å². The van der Waals surface area contributed by atoms with Gasteiger partial charge in [0.15, 0.2) is 0 Å². The van der Waals surface area contributed by atoms with Crippen molar-refractivity contribution in [2.45, 2.75) is 11.7 Å². The average molecular weight is 331 g/mol. The van der Waals surface area contributed by atoms with E-state index in [0.717, 1.165) is 0 Å². The molecule has 0 saturated carbocycles. The maximum atomic E-state index is 13.0. The van der Waals surface area contributed by atoms with Crippen molar-refractivity contribution in [1.29, 1.82) is 0 Å². The van der Waals surface area contributed by atoms with Gasteiger partial charge in [0.05, 0.1) is 38.5 Å². The lowest BCUT2D eigenvalue weighted by atomic mass is 9.77. The smallest absolute Gasteiger partial charge is 0.310 e. The molecule has 2 saturated heterocycles. The van der Waals surface area contributed by atoms with Crippen molar-refractivity contribution >= 4 is 17.6 Å². The standard InChI is InChI=1S/C17H17NO6/c1-22-9-3-4-10(12(7-9)23-2)18-8-17-6-5-11(24-17)13(16(20)21)14(17)15(18)19/h3-7,11,13-14H,8H2,1-2H3,(H,20,21)/t11-,13-,14+,17+/m0/s1. The van der Waals surface area contributed by atoms with Crippen LogP contribution in [0.4, 0.5) is 5.69 Å². The quantitative estimate of drug-likeness (QED) is 0.831. The Kier molecular flexibility index (Phi) is 3.11. The van der Waals surface area contributed by atoms with Gasteiger partial charge in [-0.1, -0.05) is 12.2 Å². The minimum atomic E-state index is -1.01. The molecule has 1 N–H and O–H groups in total. The fourth-order valence-corrected chi connectivity index (χ4v) is 3.99. The van der Waals surface area contributed by atoms with Crippen molar-refractivity contribution in [1.82, 2.24) is 0 Å². The lowest BCUT2D eigenvalue weighted by Crippen LogP contribution is -2.39. The van der Waals surface area contributed by atoms with Crippen molar-refractivity contribution in [3.63, 3.8) is 0 Å². The van der Waals surface area contributed by atoms with E-state index in [0.29, 0.717) is 17.2 Å². The molecule has 1 aromatic rings. The van der Waals surface area contributed by atoms with Crippen LogP contribution in [0.25, 0.3) is 0 Å². The molecule has 1 spiro atoms. The highest BCUT2D eigenvalue weighted by molar-refractivity contribution is 6.03. The number of rotatable bonds is 4. The van der Waals surface area contributed by atoms with Gasteiger partial charge in [0.2, 0.25) is 5.91 Å². The Morgan fingerprint density at radius 1 is 1.38 bits per heavy atom. The van der Waals surface area contributed by atoms with Crippen molar-refractivity contribution in [2.24, 2.45) is 11.8 Å². The summed E-state index contributed by atoms with van der Waals surface area (Å²) in [7, 11) is 3.06. The van der Waals surface area contributed by atoms with Crippen LogP contribution in [0.3, 0.4) is 0 Å². The molecule has 3 heterocycles. The number of methoxy groups -OCH3 is 2. The number of aliphatic carboxylic acids is 1. The van der Waals surface area contributed by atoms with Crippen LogP contribution in [0, 0.1) is 11.8 Å². The SMILES string of the molecule is COc1ccc(N2C[C@@]34C=C[C@H](O3)[C@H](C(=O)O)[C@@H]4C2=O)c(OC)c1. The molecule has 7 nitrogen and oxygen atoms in total. The highest BCUT2D eigenvalue weighted by Gasteiger charge is 2.67. The number of carbonyl (C=O) groups excluding carboxylic acids is 1. The van der Waals surface area contributed by atoms with Gasteiger partial charge in [-0.2, -0.15) is 0 Å². The largest absolute Gasteiger partial charge is 0.497 e. The predicted octanol–water partition coefficient (Wildman–Crippen LogP) is 1.07. The number of amides is 1. The van der Waals surface area contributed by atoms with E-state index in [2.05, 4.69) is 0 Å². The molecule has 3 aliphatic rings. The monoisotopic (exact) mass is 331 g/mol. The molecule has 0 unspecified atom stereocenters. The van der Waals surface area contributed by atoms with Gasteiger partial charge in [-0.25, -0.2) is 0 Å². The van der Waals surface area contributed by atoms with E-state index in [4.69, 9.17) is 14.2 Å². The van der Waals surface area contributed by atoms with Gasteiger partial charge < -0.3 is 24.2 Å². The Balaban J connectivity index is 1.74. The fraction of sp³-hybridized carbons (Fsp3) is 0.412. The number of carbonyl (C=O) groups is 2. The summed E-state index contributed by atoms with van der Waals surface area (Å²) in [5, 5.41) is 9.50. The third-order valence-electron chi connectivity index (χ3n) is 5.06. The second-order valence-electron chi connectivity index (χ2n) is 6.20. The number of benzene rings is 1. The highest BCUT2D eigenvalue weighted by Crippen LogP contribution is 2.53. The maximum absolute atomic E-state index is 13.0. The Hall–Kier alpha value is -2.54. The Bertz CT molecular complexity index is 759. The molecule has 2 bridgehead atoms. The summed E-state index contributed by atoms with van der Waals surface area (Å²) in [6.45, 7) is 0.274. The van der Waals surface area contributed by atoms with Gasteiger partial charge in [0.25, 0.3) is 0 Å². The van der Waals surface area contributed by atoms with Crippen LogP contribution in [0.15, 0.2) is 30.4 Å². The molecule has 24 heavy (non-hydrogen) atoms. The molecule has 0 radical (unpaired) electrons. The van der Waals surface area contributed by atoms with Crippen LogP contribution in [-0.2, 0) is 14.3 Å². The van der Waals surface area contributed by atoms with Crippen LogP contribution in [0.1, 0.15) is 0 Å². The van der Waals surface area contributed by atoms with Crippen LogP contribution in [0.5, 0.6) is 11.5 Å². The number of ether oxygens (including phenoxy) is 3. The summed E-state index contributed by atoms with van der Waals surface area (Å²) in [5.74, 6) is -1.72. The number of nitrogens with zero attached hydrogens (tertiary/aromatic N) is 1. The molecule has 0 aromatic heterocycles. The van der Waals surface area contributed by atoms with E-state index < -0.39 is 29.5 Å². The first-order valence-corrected chi connectivity index (χ1v) is 7.64. The van der Waals surface area contributed by atoms with Crippen LogP contribution < -0.4 is 14.4 Å². The second-order valence-corrected chi connectivity index (χ2v) is 6.20. The lowest BCUT2D eigenvalue weighted by molar-refractivity contribution is -0.146. The first-order valence-electron chi connectivity index (χ1n) is 7.64. The predicted molar refractivity (Wildman–Crippen MR) is 83.3 cm³/mol.